The second-order valence-electron chi connectivity index (χ2n) is 2.79. The lowest BCUT2D eigenvalue weighted by molar-refractivity contribution is 0.128. The van der Waals surface area contributed by atoms with Gasteiger partial charge in [0.05, 0.1) is 0 Å². The predicted octanol–water partition coefficient (Wildman–Crippen LogP) is 3.00. The zero-order valence-electron chi connectivity index (χ0n) is 6.88. The minimum atomic E-state index is -2.38. The molecule has 0 aromatic heterocycles. The minimum Gasteiger partial charge on any atom is -0.324 e. The first kappa shape index (κ1) is 10.4. The number of halogens is 3. The fourth-order valence-corrected chi connectivity index (χ4v) is 1.26. The molecule has 0 radical (unpaired) electrons. The van der Waals surface area contributed by atoms with E-state index in [9.17, 15) is 8.78 Å². The average Bonchev–Trinajstić information content (AvgIpc) is 2.03. The molecule has 0 amide bonds. The summed E-state index contributed by atoms with van der Waals surface area (Å²) in [6.45, 7) is 0. The van der Waals surface area contributed by atoms with Crippen LogP contribution in [0.5, 0.6) is 0 Å². The lowest BCUT2D eigenvalue weighted by Gasteiger charge is -2.11. The van der Waals surface area contributed by atoms with E-state index in [0.29, 0.717) is 10.6 Å². The molecular weight excluding hydrogens is 196 g/mol. The summed E-state index contributed by atoms with van der Waals surface area (Å²) in [5.74, 6) is 0. The normalized spacial score (nSPS) is 13.3. The summed E-state index contributed by atoms with van der Waals surface area (Å²) in [6, 6.07) is 6.04. The molecule has 0 saturated carbocycles. The van der Waals surface area contributed by atoms with Gasteiger partial charge in [0, 0.05) is 17.5 Å². The molecule has 0 aliphatic carbocycles. The van der Waals surface area contributed by atoms with Crippen molar-refractivity contribution in [2.45, 2.75) is 18.9 Å². The second-order valence-corrected chi connectivity index (χ2v) is 3.22. The van der Waals surface area contributed by atoms with Crippen molar-refractivity contribution < 1.29 is 8.78 Å². The van der Waals surface area contributed by atoms with Gasteiger partial charge >= 0.3 is 0 Å². The van der Waals surface area contributed by atoms with Gasteiger partial charge in [-0.05, 0) is 17.7 Å². The van der Waals surface area contributed by atoms with Gasteiger partial charge in [0.25, 0.3) is 0 Å². The molecular formula is C9H10ClF2N. The van der Waals surface area contributed by atoms with Crippen molar-refractivity contribution in [1.82, 2.24) is 0 Å². The Hall–Kier alpha value is -0.670. The van der Waals surface area contributed by atoms with Crippen LogP contribution in [-0.4, -0.2) is 6.43 Å². The molecule has 1 rings (SSSR count). The highest BCUT2D eigenvalue weighted by Crippen LogP contribution is 2.20. The summed E-state index contributed by atoms with van der Waals surface area (Å²) in [5.41, 5.74) is 6.17. The molecule has 0 fully saturated rings. The minimum absolute atomic E-state index is 0.333. The monoisotopic (exact) mass is 205 g/mol. The van der Waals surface area contributed by atoms with Crippen molar-refractivity contribution in [3.63, 3.8) is 0 Å². The zero-order valence-corrected chi connectivity index (χ0v) is 7.64. The fraction of sp³-hybridized carbons (Fsp3) is 0.333. The van der Waals surface area contributed by atoms with E-state index in [-0.39, 0.29) is 6.42 Å². The van der Waals surface area contributed by atoms with Crippen LogP contribution in [0.3, 0.4) is 0 Å². The summed E-state index contributed by atoms with van der Waals surface area (Å²) in [7, 11) is 0. The Morgan fingerprint density at radius 3 is 2.62 bits per heavy atom. The van der Waals surface area contributed by atoms with Crippen LogP contribution in [0.1, 0.15) is 18.0 Å². The highest BCUT2D eigenvalue weighted by atomic mass is 35.5. The topological polar surface area (TPSA) is 26.0 Å². The van der Waals surface area contributed by atoms with Crippen molar-refractivity contribution in [2.24, 2.45) is 5.73 Å². The van der Waals surface area contributed by atoms with Gasteiger partial charge in [0.1, 0.15) is 0 Å². The van der Waals surface area contributed by atoms with Gasteiger partial charge in [0.15, 0.2) is 0 Å². The largest absolute Gasteiger partial charge is 0.324 e. The molecule has 72 valence electrons. The van der Waals surface area contributed by atoms with E-state index in [1.165, 1.54) is 0 Å². The Bertz CT molecular complexity index is 278. The molecule has 1 aromatic rings. The number of hydrogen-bond donors (Lipinski definition) is 1. The van der Waals surface area contributed by atoms with Crippen molar-refractivity contribution in [3.05, 3.63) is 34.9 Å². The van der Waals surface area contributed by atoms with E-state index in [0.717, 1.165) is 0 Å². The third-order valence-electron chi connectivity index (χ3n) is 1.71. The zero-order chi connectivity index (χ0) is 9.84. The second kappa shape index (κ2) is 4.53. The maximum atomic E-state index is 12.0. The molecule has 4 heteroatoms. The van der Waals surface area contributed by atoms with Crippen molar-refractivity contribution in [1.29, 1.82) is 0 Å². The van der Waals surface area contributed by atoms with Crippen LogP contribution in [0.4, 0.5) is 8.78 Å². The van der Waals surface area contributed by atoms with E-state index in [1.54, 1.807) is 24.3 Å². The quantitative estimate of drug-likeness (QED) is 0.807. The fourth-order valence-electron chi connectivity index (χ4n) is 1.07. The molecule has 1 aromatic carbocycles. The van der Waals surface area contributed by atoms with Crippen LogP contribution >= 0.6 is 11.6 Å². The molecule has 0 spiro atoms. The Balaban J connectivity index is 2.71. The maximum Gasteiger partial charge on any atom is 0.240 e. The highest BCUT2D eigenvalue weighted by molar-refractivity contribution is 6.30. The Labute approximate surface area is 80.5 Å². The lowest BCUT2D eigenvalue weighted by atomic mass is 10.1. The first-order valence-corrected chi connectivity index (χ1v) is 4.26. The maximum absolute atomic E-state index is 12.0. The number of alkyl halides is 2. The van der Waals surface area contributed by atoms with E-state index in [2.05, 4.69) is 0 Å². The average molecular weight is 206 g/mol. The van der Waals surface area contributed by atoms with E-state index in [4.69, 9.17) is 17.3 Å². The van der Waals surface area contributed by atoms with Gasteiger partial charge in [-0.15, -0.1) is 0 Å². The van der Waals surface area contributed by atoms with Gasteiger partial charge in [-0.1, -0.05) is 23.7 Å². The van der Waals surface area contributed by atoms with Gasteiger partial charge in [-0.25, -0.2) is 8.78 Å². The summed E-state index contributed by atoms with van der Waals surface area (Å²) in [5, 5.41) is 0.516. The summed E-state index contributed by atoms with van der Waals surface area (Å²) < 4.78 is 23.9. The van der Waals surface area contributed by atoms with Crippen LogP contribution in [-0.2, 0) is 0 Å². The molecule has 0 aliphatic rings. The first-order chi connectivity index (χ1) is 6.09. The standard InChI is InChI=1S/C9H10ClF2N/c10-7-3-1-2-6(4-7)8(13)5-9(11)12/h1-4,8-9H,5,13H2/t8-/m1/s1. The van der Waals surface area contributed by atoms with Crippen LogP contribution in [0, 0.1) is 0 Å². The van der Waals surface area contributed by atoms with Crippen molar-refractivity contribution in [3.8, 4) is 0 Å². The summed E-state index contributed by atoms with van der Waals surface area (Å²) in [6.07, 6.45) is -2.71. The molecule has 13 heavy (non-hydrogen) atoms. The molecule has 0 unspecified atom stereocenters. The van der Waals surface area contributed by atoms with Gasteiger partial charge < -0.3 is 5.73 Å². The van der Waals surface area contributed by atoms with Crippen molar-refractivity contribution >= 4 is 11.6 Å². The van der Waals surface area contributed by atoms with Crippen LogP contribution in [0.15, 0.2) is 24.3 Å². The summed E-state index contributed by atoms with van der Waals surface area (Å²) >= 11 is 5.68. The van der Waals surface area contributed by atoms with E-state index in [1.807, 2.05) is 0 Å². The van der Waals surface area contributed by atoms with Gasteiger partial charge in [-0.3, -0.25) is 0 Å². The van der Waals surface area contributed by atoms with E-state index >= 15 is 0 Å². The molecule has 0 heterocycles. The smallest absolute Gasteiger partial charge is 0.240 e. The molecule has 0 bridgehead atoms. The Kier molecular flexibility index (Phi) is 3.63. The van der Waals surface area contributed by atoms with Gasteiger partial charge in [-0.2, -0.15) is 0 Å². The van der Waals surface area contributed by atoms with Crippen LogP contribution in [0.25, 0.3) is 0 Å². The lowest BCUT2D eigenvalue weighted by Crippen LogP contribution is -2.13. The third kappa shape index (κ3) is 3.28. The number of nitrogens with two attached hydrogens (primary N) is 1. The third-order valence-corrected chi connectivity index (χ3v) is 1.94. The predicted molar refractivity (Wildman–Crippen MR) is 49.0 cm³/mol. The highest BCUT2D eigenvalue weighted by Gasteiger charge is 2.12. The number of benzene rings is 1. The first-order valence-electron chi connectivity index (χ1n) is 3.89. The molecule has 1 atom stereocenters. The van der Waals surface area contributed by atoms with Crippen LogP contribution in [0.2, 0.25) is 5.02 Å². The molecule has 1 nitrogen and oxygen atoms in total. The Morgan fingerprint density at radius 2 is 2.08 bits per heavy atom. The number of rotatable bonds is 3. The summed E-state index contributed by atoms with van der Waals surface area (Å²) in [4.78, 5) is 0. The molecule has 2 N–H and O–H groups in total. The van der Waals surface area contributed by atoms with Gasteiger partial charge in [0.2, 0.25) is 6.43 Å². The Morgan fingerprint density at radius 1 is 1.38 bits per heavy atom. The van der Waals surface area contributed by atoms with Crippen LogP contribution < -0.4 is 5.73 Å². The van der Waals surface area contributed by atoms with E-state index < -0.39 is 12.5 Å². The molecule has 0 saturated heterocycles. The number of hydrogen-bond acceptors (Lipinski definition) is 1. The SMILES string of the molecule is N[C@H](CC(F)F)c1cccc(Cl)c1. The van der Waals surface area contributed by atoms with Crippen molar-refractivity contribution in [2.75, 3.05) is 0 Å². The molecule has 0 aliphatic heterocycles.